The number of amides is 1. The number of carboxylic acid groups (broad SMARTS) is 1. The van der Waals surface area contributed by atoms with E-state index in [0.717, 1.165) is 0 Å². The quantitative estimate of drug-likeness (QED) is 0.718. The van der Waals surface area contributed by atoms with Crippen LogP contribution < -0.4 is 10.6 Å². The zero-order valence-electron chi connectivity index (χ0n) is 10.5. The lowest BCUT2D eigenvalue weighted by Gasteiger charge is -2.13. The number of hydrogen-bond acceptors (Lipinski definition) is 3. The Morgan fingerprint density at radius 3 is 2.47 bits per heavy atom. The van der Waals surface area contributed by atoms with Gasteiger partial charge in [-0.05, 0) is 28.1 Å². The van der Waals surface area contributed by atoms with Gasteiger partial charge in [-0.1, -0.05) is 29.8 Å². The first-order valence-electron chi connectivity index (χ1n) is 5.57. The van der Waals surface area contributed by atoms with E-state index in [9.17, 15) is 9.59 Å². The van der Waals surface area contributed by atoms with Crippen molar-refractivity contribution in [2.75, 3.05) is 11.9 Å². The predicted molar refractivity (Wildman–Crippen MR) is 80.6 cm³/mol. The zero-order valence-corrected chi connectivity index (χ0v) is 13.6. The molecule has 0 aliphatic heterocycles. The normalized spacial score (nSPS) is 10.6. The fourth-order valence-corrected chi connectivity index (χ4v) is 2.67. The molecular formula is C12H14Br2N2O3. The molecule has 1 rings (SSSR count). The van der Waals surface area contributed by atoms with Crippen molar-refractivity contribution in [1.29, 1.82) is 0 Å². The van der Waals surface area contributed by atoms with Crippen molar-refractivity contribution in [2.45, 2.75) is 19.9 Å². The molecule has 0 spiro atoms. The molecule has 3 N–H and O–H groups in total. The molecule has 19 heavy (non-hydrogen) atoms. The van der Waals surface area contributed by atoms with E-state index in [2.05, 4.69) is 42.5 Å². The van der Waals surface area contributed by atoms with Gasteiger partial charge >= 0.3 is 5.97 Å². The molecule has 0 saturated carbocycles. The van der Waals surface area contributed by atoms with Gasteiger partial charge in [-0.15, -0.1) is 0 Å². The molecule has 0 fully saturated rings. The Kier molecular flexibility index (Phi) is 5.96. The lowest BCUT2D eigenvalue weighted by molar-refractivity contribution is -0.115. The Morgan fingerprint density at radius 1 is 1.32 bits per heavy atom. The number of benzene rings is 1. The summed E-state index contributed by atoms with van der Waals surface area (Å²) in [5.74, 6) is -1.40. The van der Waals surface area contributed by atoms with E-state index in [-0.39, 0.29) is 29.7 Å². The van der Waals surface area contributed by atoms with E-state index in [1.807, 2.05) is 13.8 Å². The number of carbonyl (C=O) groups excluding carboxylic acids is 1. The molecule has 0 heterocycles. The van der Waals surface area contributed by atoms with E-state index in [1.54, 1.807) is 6.07 Å². The Bertz CT molecular complexity index is 504. The third-order valence-corrected chi connectivity index (χ3v) is 3.30. The Labute approximate surface area is 128 Å². The molecule has 104 valence electrons. The first-order chi connectivity index (χ1) is 8.81. The van der Waals surface area contributed by atoms with Crippen molar-refractivity contribution in [3.8, 4) is 0 Å². The summed E-state index contributed by atoms with van der Waals surface area (Å²) >= 11 is 6.46. The molecule has 0 unspecified atom stereocenters. The molecule has 0 bridgehead atoms. The molecule has 1 amide bonds. The van der Waals surface area contributed by atoms with Gasteiger partial charge in [0, 0.05) is 15.0 Å². The number of nitrogens with one attached hydrogen (secondary N) is 2. The highest BCUT2D eigenvalue weighted by atomic mass is 79.9. The van der Waals surface area contributed by atoms with Crippen LogP contribution in [0, 0.1) is 0 Å². The summed E-state index contributed by atoms with van der Waals surface area (Å²) in [4.78, 5) is 22.9. The molecule has 0 aromatic heterocycles. The minimum Gasteiger partial charge on any atom is -0.478 e. The van der Waals surface area contributed by atoms with E-state index in [4.69, 9.17) is 5.11 Å². The van der Waals surface area contributed by atoms with E-state index in [1.165, 1.54) is 6.07 Å². The molecule has 1 aromatic carbocycles. The van der Waals surface area contributed by atoms with Crippen LogP contribution in [0.15, 0.2) is 21.1 Å². The number of rotatable bonds is 5. The highest BCUT2D eigenvalue weighted by Gasteiger charge is 2.16. The first-order valence-corrected chi connectivity index (χ1v) is 7.15. The second kappa shape index (κ2) is 7.02. The van der Waals surface area contributed by atoms with Crippen molar-refractivity contribution in [1.82, 2.24) is 5.32 Å². The molecule has 0 aliphatic carbocycles. The largest absolute Gasteiger partial charge is 0.478 e. The van der Waals surface area contributed by atoms with Gasteiger partial charge in [-0.25, -0.2) is 4.79 Å². The van der Waals surface area contributed by atoms with Crippen molar-refractivity contribution >= 4 is 49.4 Å². The number of aromatic carboxylic acids is 1. The Balaban J connectivity index is 2.94. The van der Waals surface area contributed by atoms with E-state index in [0.29, 0.717) is 8.95 Å². The van der Waals surface area contributed by atoms with Crippen LogP contribution in [0.3, 0.4) is 0 Å². The molecule has 0 saturated heterocycles. The van der Waals surface area contributed by atoms with Crippen molar-refractivity contribution in [2.24, 2.45) is 0 Å². The number of carboxylic acids is 1. The average molecular weight is 394 g/mol. The Morgan fingerprint density at radius 2 is 1.95 bits per heavy atom. The standard InChI is InChI=1S/C12H14Br2N2O3/c1-6(2)15-5-10(17)16-11-8(12(18)19)3-7(13)4-9(11)14/h3-4,6,15H,5H2,1-2H3,(H,16,17)(H,18,19). The number of carbonyl (C=O) groups is 2. The van der Waals surface area contributed by atoms with Crippen LogP contribution in [-0.4, -0.2) is 29.6 Å². The smallest absolute Gasteiger partial charge is 0.337 e. The van der Waals surface area contributed by atoms with E-state index < -0.39 is 5.97 Å². The van der Waals surface area contributed by atoms with Crippen molar-refractivity contribution < 1.29 is 14.7 Å². The summed E-state index contributed by atoms with van der Waals surface area (Å²) in [5, 5.41) is 14.7. The SMILES string of the molecule is CC(C)NCC(=O)Nc1c(Br)cc(Br)cc1C(=O)O. The Hall–Kier alpha value is -0.920. The maximum atomic E-state index is 11.7. The highest BCUT2D eigenvalue weighted by Crippen LogP contribution is 2.30. The molecule has 0 aliphatic rings. The minimum absolute atomic E-state index is 0.0270. The molecule has 0 radical (unpaired) electrons. The van der Waals surface area contributed by atoms with Gasteiger partial charge in [0.25, 0.3) is 0 Å². The van der Waals surface area contributed by atoms with Crippen LogP contribution >= 0.6 is 31.9 Å². The van der Waals surface area contributed by atoms with Gasteiger partial charge in [0.1, 0.15) is 0 Å². The maximum absolute atomic E-state index is 11.7. The van der Waals surface area contributed by atoms with Gasteiger partial charge in [0.05, 0.1) is 17.8 Å². The topological polar surface area (TPSA) is 78.4 Å². The number of hydrogen-bond donors (Lipinski definition) is 3. The summed E-state index contributed by atoms with van der Waals surface area (Å²) < 4.78 is 1.13. The third kappa shape index (κ3) is 4.93. The van der Waals surface area contributed by atoms with Gasteiger partial charge < -0.3 is 15.7 Å². The third-order valence-electron chi connectivity index (χ3n) is 2.22. The second-order valence-corrected chi connectivity index (χ2v) is 5.97. The van der Waals surface area contributed by atoms with Gasteiger partial charge in [-0.3, -0.25) is 4.79 Å². The molecule has 1 aromatic rings. The van der Waals surface area contributed by atoms with Gasteiger partial charge in [0.2, 0.25) is 5.91 Å². The lowest BCUT2D eigenvalue weighted by Crippen LogP contribution is -2.33. The van der Waals surface area contributed by atoms with E-state index >= 15 is 0 Å². The first kappa shape index (κ1) is 16.1. The molecule has 0 atom stereocenters. The maximum Gasteiger partial charge on any atom is 0.337 e. The average Bonchev–Trinajstić information content (AvgIpc) is 2.29. The fraction of sp³-hybridized carbons (Fsp3) is 0.333. The van der Waals surface area contributed by atoms with Crippen LogP contribution in [0.2, 0.25) is 0 Å². The van der Waals surface area contributed by atoms with Crippen LogP contribution in [-0.2, 0) is 4.79 Å². The van der Waals surface area contributed by atoms with Crippen molar-refractivity contribution in [3.05, 3.63) is 26.6 Å². The number of anilines is 1. The second-order valence-electron chi connectivity index (χ2n) is 4.20. The highest BCUT2D eigenvalue weighted by molar-refractivity contribution is 9.11. The summed E-state index contributed by atoms with van der Waals surface area (Å²) in [7, 11) is 0. The summed E-state index contributed by atoms with van der Waals surface area (Å²) in [5.41, 5.74) is 0.283. The predicted octanol–water partition coefficient (Wildman–Crippen LogP) is 2.85. The minimum atomic E-state index is -1.10. The summed E-state index contributed by atoms with van der Waals surface area (Å²) in [6, 6.07) is 3.30. The molecule has 5 nitrogen and oxygen atoms in total. The zero-order chi connectivity index (χ0) is 14.6. The van der Waals surface area contributed by atoms with Crippen LogP contribution in [0.5, 0.6) is 0 Å². The molecule has 7 heteroatoms. The monoisotopic (exact) mass is 392 g/mol. The van der Waals surface area contributed by atoms with Crippen LogP contribution in [0.4, 0.5) is 5.69 Å². The summed E-state index contributed by atoms with van der Waals surface area (Å²) in [6.07, 6.45) is 0. The summed E-state index contributed by atoms with van der Waals surface area (Å²) in [6.45, 7) is 3.97. The van der Waals surface area contributed by atoms with Gasteiger partial charge in [-0.2, -0.15) is 0 Å². The van der Waals surface area contributed by atoms with Crippen LogP contribution in [0.1, 0.15) is 24.2 Å². The van der Waals surface area contributed by atoms with Crippen molar-refractivity contribution in [3.63, 3.8) is 0 Å². The van der Waals surface area contributed by atoms with Gasteiger partial charge in [0.15, 0.2) is 0 Å². The fourth-order valence-electron chi connectivity index (χ4n) is 1.35. The van der Waals surface area contributed by atoms with Crippen LogP contribution in [0.25, 0.3) is 0 Å². The lowest BCUT2D eigenvalue weighted by atomic mass is 10.2. The number of halogens is 2. The molecular weight excluding hydrogens is 380 g/mol.